The summed E-state index contributed by atoms with van der Waals surface area (Å²) in [6.45, 7) is 0. The number of nitrogens with two attached hydrogens (primary N) is 1. The van der Waals surface area contributed by atoms with E-state index >= 15 is 0 Å². The van der Waals surface area contributed by atoms with E-state index in [-0.39, 0.29) is 0 Å². The van der Waals surface area contributed by atoms with Crippen molar-refractivity contribution in [3.8, 4) is 0 Å². The van der Waals surface area contributed by atoms with Crippen LogP contribution in [0.4, 0.5) is 5.69 Å². The molecule has 1 aromatic carbocycles. The predicted octanol–water partition coefficient (Wildman–Crippen LogP) is 3.27. The fraction of sp³-hybridized carbons (Fsp3) is 0.500. The van der Waals surface area contributed by atoms with Gasteiger partial charge in [-0.1, -0.05) is 31.7 Å². The van der Waals surface area contributed by atoms with E-state index in [1.165, 1.54) is 32.1 Å². The van der Waals surface area contributed by atoms with Gasteiger partial charge in [-0.25, -0.2) is 4.98 Å². The second kappa shape index (κ2) is 4.40. The number of nitrogens with one attached hydrogen (secondary N) is 1. The summed E-state index contributed by atoms with van der Waals surface area (Å²) in [5.74, 6) is 2.00. The number of benzene rings is 1. The molecule has 1 saturated carbocycles. The number of H-pyrrole nitrogens is 1. The summed E-state index contributed by atoms with van der Waals surface area (Å²) < 4.78 is 0. The Morgan fingerprint density at radius 2 is 2.12 bits per heavy atom. The highest BCUT2D eigenvalue weighted by Gasteiger charge is 2.15. The minimum Gasteiger partial charge on any atom is -0.397 e. The van der Waals surface area contributed by atoms with Crippen LogP contribution in [-0.4, -0.2) is 9.97 Å². The van der Waals surface area contributed by atoms with E-state index in [2.05, 4.69) is 9.97 Å². The van der Waals surface area contributed by atoms with Crippen molar-refractivity contribution >= 4 is 16.7 Å². The standard InChI is InChI=1S/C14H19N3/c15-11-6-3-7-12-14(11)17-13(16-12)9-8-10-4-1-2-5-10/h3,6-7,10H,1-2,4-5,8-9,15H2,(H,16,17). The normalized spacial score (nSPS) is 16.9. The van der Waals surface area contributed by atoms with Crippen molar-refractivity contribution in [2.45, 2.75) is 38.5 Å². The highest BCUT2D eigenvalue weighted by atomic mass is 14.9. The van der Waals surface area contributed by atoms with Gasteiger partial charge in [0.1, 0.15) is 11.3 Å². The largest absolute Gasteiger partial charge is 0.397 e. The number of fused-ring (bicyclic) bond motifs is 1. The van der Waals surface area contributed by atoms with E-state index in [9.17, 15) is 0 Å². The van der Waals surface area contributed by atoms with Crippen LogP contribution in [0.5, 0.6) is 0 Å². The zero-order valence-electron chi connectivity index (χ0n) is 10.1. The van der Waals surface area contributed by atoms with Gasteiger partial charge in [-0.2, -0.15) is 0 Å². The Labute approximate surface area is 101 Å². The van der Waals surface area contributed by atoms with Crippen molar-refractivity contribution in [1.29, 1.82) is 0 Å². The van der Waals surface area contributed by atoms with Gasteiger partial charge in [0, 0.05) is 6.42 Å². The maximum atomic E-state index is 5.91. The number of imidazole rings is 1. The number of hydrogen-bond acceptors (Lipinski definition) is 2. The van der Waals surface area contributed by atoms with Gasteiger partial charge in [-0.15, -0.1) is 0 Å². The lowest BCUT2D eigenvalue weighted by molar-refractivity contribution is 0.498. The fourth-order valence-corrected chi connectivity index (χ4v) is 2.86. The first-order valence-corrected chi connectivity index (χ1v) is 6.56. The zero-order chi connectivity index (χ0) is 11.7. The Morgan fingerprint density at radius 3 is 2.88 bits per heavy atom. The molecule has 17 heavy (non-hydrogen) atoms. The number of anilines is 1. The Morgan fingerprint density at radius 1 is 1.29 bits per heavy atom. The van der Waals surface area contributed by atoms with Crippen molar-refractivity contribution in [2.75, 3.05) is 5.73 Å². The van der Waals surface area contributed by atoms with Gasteiger partial charge < -0.3 is 10.7 Å². The second-order valence-electron chi connectivity index (χ2n) is 5.12. The molecular formula is C14H19N3. The third-order valence-electron chi connectivity index (χ3n) is 3.86. The van der Waals surface area contributed by atoms with E-state index in [0.29, 0.717) is 0 Å². The Bertz CT molecular complexity index is 509. The maximum absolute atomic E-state index is 5.91. The van der Waals surface area contributed by atoms with Gasteiger partial charge in [-0.3, -0.25) is 0 Å². The molecule has 3 heteroatoms. The number of nitrogen functional groups attached to an aromatic ring is 1. The number of nitrogens with zero attached hydrogens (tertiary/aromatic N) is 1. The average Bonchev–Trinajstić information content (AvgIpc) is 2.95. The first-order valence-electron chi connectivity index (χ1n) is 6.56. The van der Waals surface area contributed by atoms with Crippen molar-refractivity contribution < 1.29 is 0 Å². The number of aromatic amines is 1. The molecule has 1 aliphatic rings. The molecule has 3 N–H and O–H groups in total. The van der Waals surface area contributed by atoms with Crippen LogP contribution in [0.25, 0.3) is 11.0 Å². The highest BCUT2D eigenvalue weighted by molar-refractivity contribution is 5.86. The predicted molar refractivity (Wildman–Crippen MR) is 70.8 cm³/mol. The van der Waals surface area contributed by atoms with Crippen molar-refractivity contribution in [3.05, 3.63) is 24.0 Å². The van der Waals surface area contributed by atoms with Crippen LogP contribution in [-0.2, 0) is 6.42 Å². The summed E-state index contributed by atoms with van der Waals surface area (Å²) in [7, 11) is 0. The van der Waals surface area contributed by atoms with Crippen LogP contribution in [0.3, 0.4) is 0 Å². The van der Waals surface area contributed by atoms with Gasteiger partial charge in [-0.05, 0) is 24.5 Å². The molecule has 1 fully saturated rings. The van der Waals surface area contributed by atoms with E-state index in [4.69, 9.17) is 5.73 Å². The molecule has 0 radical (unpaired) electrons. The molecule has 90 valence electrons. The van der Waals surface area contributed by atoms with Crippen LogP contribution >= 0.6 is 0 Å². The Kier molecular flexibility index (Phi) is 2.75. The topological polar surface area (TPSA) is 54.7 Å². The molecule has 0 spiro atoms. The summed E-state index contributed by atoms with van der Waals surface area (Å²) in [5.41, 5.74) is 8.66. The lowest BCUT2D eigenvalue weighted by atomic mass is 10.0. The first-order chi connectivity index (χ1) is 8.33. The van der Waals surface area contributed by atoms with Crippen LogP contribution in [0, 0.1) is 5.92 Å². The van der Waals surface area contributed by atoms with E-state index in [1.807, 2.05) is 18.2 Å². The third-order valence-corrected chi connectivity index (χ3v) is 3.86. The number of aromatic nitrogens is 2. The molecule has 0 aliphatic heterocycles. The van der Waals surface area contributed by atoms with Crippen molar-refractivity contribution in [3.63, 3.8) is 0 Å². The summed E-state index contributed by atoms with van der Waals surface area (Å²) in [6.07, 6.45) is 7.96. The third kappa shape index (κ3) is 2.14. The SMILES string of the molecule is Nc1cccc2[nH]c(CCC3CCCC3)nc12. The lowest BCUT2D eigenvalue weighted by Crippen LogP contribution is -1.97. The minimum absolute atomic E-state index is 0.769. The fourth-order valence-electron chi connectivity index (χ4n) is 2.86. The molecular weight excluding hydrogens is 210 g/mol. The van der Waals surface area contributed by atoms with Gasteiger partial charge in [0.05, 0.1) is 11.2 Å². The molecule has 2 aromatic rings. The molecule has 0 saturated heterocycles. The molecule has 1 aromatic heterocycles. The van der Waals surface area contributed by atoms with Gasteiger partial charge in [0.25, 0.3) is 0 Å². The maximum Gasteiger partial charge on any atom is 0.111 e. The Hall–Kier alpha value is -1.51. The number of rotatable bonds is 3. The monoisotopic (exact) mass is 229 g/mol. The van der Waals surface area contributed by atoms with Crippen LogP contribution in [0.2, 0.25) is 0 Å². The van der Waals surface area contributed by atoms with Crippen LogP contribution in [0.1, 0.15) is 37.9 Å². The van der Waals surface area contributed by atoms with E-state index in [0.717, 1.165) is 34.9 Å². The summed E-state index contributed by atoms with van der Waals surface area (Å²) >= 11 is 0. The van der Waals surface area contributed by atoms with Gasteiger partial charge in [0.2, 0.25) is 0 Å². The quantitative estimate of drug-likeness (QED) is 0.794. The number of aryl methyl sites for hydroxylation is 1. The number of para-hydroxylation sites is 1. The van der Waals surface area contributed by atoms with Gasteiger partial charge >= 0.3 is 0 Å². The average molecular weight is 229 g/mol. The zero-order valence-corrected chi connectivity index (χ0v) is 10.1. The molecule has 1 heterocycles. The van der Waals surface area contributed by atoms with Crippen molar-refractivity contribution in [1.82, 2.24) is 9.97 Å². The van der Waals surface area contributed by atoms with Crippen LogP contribution < -0.4 is 5.73 Å². The molecule has 3 rings (SSSR count). The minimum atomic E-state index is 0.769. The van der Waals surface area contributed by atoms with Gasteiger partial charge in [0.15, 0.2) is 0 Å². The first kappa shape index (κ1) is 10.6. The van der Waals surface area contributed by atoms with E-state index in [1.54, 1.807) is 0 Å². The Balaban J connectivity index is 1.74. The molecule has 1 aliphatic carbocycles. The second-order valence-corrected chi connectivity index (χ2v) is 5.12. The highest BCUT2D eigenvalue weighted by Crippen LogP contribution is 2.28. The smallest absolute Gasteiger partial charge is 0.111 e. The summed E-state index contributed by atoms with van der Waals surface area (Å²) in [4.78, 5) is 7.96. The molecule has 0 amide bonds. The van der Waals surface area contributed by atoms with Crippen LogP contribution in [0.15, 0.2) is 18.2 Å². The number of hydrogen-bond donors (Lipinski definition) is 2. The lowest BCUT2D eigenvalue weighted by Gasteiger charge is -2.05. The van der Waals surface area contributed by atoms with E-state index < -0.39 is 0 Å². The summed E-state index contributed by atoms with van der Waals surface area (Å²) in [5, 5.41) is 0. The molecule has 0 atom stereocenters. The van der Waals surface area contributed by atoms with Crippen molar-refractivity contribution in [2.24, 2.45) is 5.92 Å². The molecule has 0 unspecified atom stereocenters. The molecule has 0 bridgehead atoms. The molecule has 3 nitrogen and oxygen atoms in total. The summed E-state index contributed by atoms with van der Waals surface area (Å²) in [6, 6.07) is 5.91.